The fraction of sp³-hybridized carbons (Fsp3) is 0.500. The average molecular weight is 287 g/mol. The van der Waals surface area contributed by atoms with Crippen molar-refractivity contribution in [3.8, 4) is 0 Å². The van der Waals surface area contributed by atoms with Crippen LogP contribution in [0.2, 0.25) is 0 Å². The van der Waals surface area contributed by atoms with E-state index in [-0.39, 0.29) is 12.1 Å². The summed E-state index contributed by atoms with van der Waals surface area (Å²) in [7, 11) is 0. The lowest BCUT2D eigenvalue weighted by Crippen LogP contribution is -2.39. The molecular weight excluding hydrogens is 262 g/mol. The van der Waals surface area contributed by atoms with Crippen LogP contribution in [0.5, 0.6) is 0 Å². The summed E-state index contributed by atoms with van der Waals surface area (Å²) in [5.74, 6) is 0. The zero-order chi connectivity index (χ0) is 15.3. The van der Waals surface area contributed by atoms with Gasteiger partial charge in [0, 0.05) is 12.6 Å². The minimum absolute atomic E-state index is 0.182. The Kier molecular flexibility index (Phi) is 5.05. The van der Waals surface area contributed by atoms with Crippen LogP contribution in [0, 0.1) is 0 Å². The van der Waals surface area contributed by atoms with Gasteiger partial charge in [0.1, 0.15) is 5.60 Å². The number of carbonyl (C=O) groups is 1. The van der Waals surface area contributed by atoms with Gasteiger partial charge in [-0.3, -0.25) is 0 Å². The monoisotopic (exact) mass is 287 g/mol. The number of carbonyl (C=O) groups excluding carboxylic acids is 1. The van der Waals surface area contributed by atoms with E-state index in [1.165, 1.54) is 5.56 Å². The summed E-state index contributed by atoms with van der Waals surface area (Å²) in [5.41, 5.74) is 0.767. The summed E-state index contributed by atoms with van der Waals surface area (Å²) in [5, 5.41) is 0. The molecule has 0 spiro atoms. The highest BCUT2D eigenvalue weighted by molar-refractivity contribution is 5.69. The molecule has 0 aromatic heterocycles. The highest BCUT2D eigenvalue weighted by Gasteiger charge is 2.31. The van der Waals surface area contributed by atoms with Gasteiger partial charge in [-0.2, -0.15) is 0 Å². The van der Waals surface area contributed by atoms with E-state index in [1.807, 2.05) is 43.9 Å². The number of hydrogen-bond acceptors (Lipinski definition) is 2. The quantitative estimate of drug-likeness (QED) is 0.819. The van der Waals surface area contributed by atoms with Gasteiger partial charge in [0.25, 0.3) is 0 Å². The van der Waals surface area contributed by atoms with Gasteiger partial charge in [-0.25, -0.2) is 4.79 Å². The molecule has 1 aliphatic rings. The van der Waals surface area contributed by atoms with E-state index in [0.29, 0.717) is 0 Å². The number of nitrogens with zero attached hydrogens (tertiary/aromatic N) is 1. The summed E-state index contributed by atoms with van der Waals surface area (Å²) in [6.07, 6.45) is 7.09. The zero-order valence-electron chi connectivity index (χ0n) is 13.2. The fourth-order valence-electron chi connectivity index (χ4n) is 2.57. The van der Waals surface area contributed by atoms with E-state index in [0.717, 1.165) is 25.8 Å². The van der Waals surface area contributed by atoms with Crippen molar-refractivity contribution in [1.29, 1.82) is 0 Å². The molecule has 0 N–H and O–H groups in total. The maximum absolute atomic E-state index is 12.2. The van der Waals surface area contributed by atoms with E-state index < -0.39 is 5.60 Å². The molecule has 0 saturated carbocycles. The molecule has 1 aromatic rings. The van der Waals surface area contributed by atoms with Crippen molar-refractivity contribution in [3.05, 3.63) is 42.0 Å². The first kappa shape index (κ1) is 15.6. The highest BCUT2D eigenvalue weighted by Crippen LogP contribution is 2.23. The molecule has 3 heteroatoms. The second-order valence-corrected chi connectivity index (χ2v) is 6.52. The second kappa shape index (κ2) is 6.79. The van der Waals surface area contributed by atoms with Crippen molar-refractivity contribution in [2.24, 2.45) is 0 Å². The van der Waals surface area contributed by atoms with Crippen LogP contribution in [0.1, 0.15) is 45.6 Å². The third kappa shape index (κ3) is 4.92. The minimum atomic E-state index is -0.426. The number of benzene rings is 1. The van der Waals surface area contributed by atoms with E-state index in [2.05, 4.69) is 24.3 Å². The summed E-state index contributed by atoms with van der Waals surface area (Å²) in [6.45, 7) is 6.53. The van der Waals surface area contributed by atoms with Crippen LogP contribution in [0.15, 0.2) is 36.4 Å². The highest BCUT2D eigenvalue weighted by atomic mass is 16.6. The Morgan fingerprint density at radius 3 is 2.71 bits per heavy atom. The maximum atomic E-state index is 12.2. The van der Waals surface area contributed by atoms with E-state index >= 15 is 0 Å². The Morgan fingerprint density at radius 1 is 1.33 bits per heavy atom. The molecule has 0 bridgehead atoms. The molecule has 0 aliphatic carbocycles. The molecule has 1 aliphatic heterocycles. The Balaban J connectivity index is 1.90. The molecular formula is C18H25NO2. The Bertz CT molecular complexity index is 488. The number of amides is 1. The van der Waals surface area contributed by atoms with Crippen molar-refractivity contribution in [2.45, 2.75) is 51.7 Å². The zero-order valence-corrected chi connectivity index (χ0v) is 13.2. The Labute approximate surface area is 127 Å². The number of likely N-dealkylation sites (tertiary alicyclic amines) is 1. The molecule has 1 atom stereocenters. The van der Waals surface area contributed by atoms with Gasteiger partial charge in [0.05, 0.1) is 0 Å². The molecule has 0 radical (unpaired) electrons. The summed E-state index contributed by atoms with van der Waals surface area (Å²) in [6, 6.07) is 10.5. The van der Waals surface area contributed by atoms with Gasteiger partial charge in [-0.1, -0.05) is 42.5 Å². The van der Waals surface area contributed by atoms with Crippen LogP contribution in [-0.2, 0) is 4.74 Å². The maximum Gasteiger partial charge on any atom is 0.410 e. The van der Waals surface area contributed by atoms with Crippen LogP contribution in [-0.4, -0.2) is 29.2 Å². The Hall–Kier alpha value is -1.77. The lowest BCUT2D eigenvalue weighted by atomic mass is 10.1. The fourth-order valence-corrected chi connectivity index (χ4v) is 2.57. The normalized spacial score (nSPS) is 19.2. The van der Waals surface area contributed by atoms with Crippen LogP contribution >= 0.6 is 0 Å². The van der Waals surface area contributed by atoms with Crippen molar-refractivity contribution in [2.75, 3.05) is 6.54 Å². The Morgan fingerprint density at radius 2 is 2.05 bits per heavy atom. The van der Waals surface area contributed by atoms with Crippen molar-refractivity contribution < 1.29 is 9.53 Å². The van der Waals surface area contributed by atoms with Gasteiger partial charge in [-0.15, -0.1) is 0 Å². The van der Waals surface area contributed by atoms with Crippen LogP contribution in [0.4, 0.5) is 4.79 Å². The van der Waals surface area contributed by atoms with E-state index in [4.69, 9.17) is 4.74 Å². The average Bonchev–Trinajstić information content (AvgIpc) is 2.86. The van der Waals surface area contributed by atoms with Crippen LogP contribution in [0.3, 0.4) is 0 Å². The topological polar surface area (TPSA) is 29.5 Å². The molecule has 21 heavy (non-hydrogen) atoms. The third-order valence-corrected chi connectivity index (χ3v) is 3.52. The SMILES string of the molecule is CC(C)(C)OC(=O)N1CCCC1C/C=C/c1ccccc1. The predicted molar refractivity (Wildman–Crippen MR) is 86.1 cm³/mol. The molecule has 1 heterocycles. The standard InChI is InChI=1S/C18H25NO2/c1-18(2,3)21-17(20)19-14-8-13-16(19)12-7-11-15-9-5-4-6-10-15/h4-7,9-11,16H,8,12-14H2,1-3H3/b11-7+. The van der Waals surface area contributed by atoms with Crippen LogP contribution < -0.4 is 0 Å². The van der Waals surface area contributed by atoms with Gasteiger partial charge in [0.15, 0.2) is 0 Å². The summed E-state index contributed by atoms with van der Waals surface area (Å²) < 4.78 is 5.48. The van der Waals surface area contributed by atoms with Gasteiger partial charge in [0.2, 0.25) is 0 Å². The van der Waals surface area contributed by atoms with E-state index in [1.54, 1.807) is 0 Å². The summed E-state index contributed by atoms with van der Waals surface area (Å²) >= 11 is 0. The van der Waals surface area contributed by atoms with Crippen molar-refractivity contribution in [1.82, 2.24) is 4.90 Å². The minimum Gasteiger partial charge on any atom is -0.444 e. The lowest BCUT2D eigenvalue weighted by Gasteiger charge is -2.28. The molecule has 2 rings (SSSR count). The van der Waals surface area contributed by atoms with Gasteiger partial charge in [-0.05, 0) is 45.6 Å². The molecule has 3 nitrogen and oxygen atoms in total. The third-order valence-electron chi connectivity index (χ3n) is 3.52. The first-order valence-corrected chi connectivity index (χ1v) is 7.67. The van der Waals surface area contributed by atoms with Crippen molar-refractivity contribution in [3.63, 3.8) is 0 Å². The first-order valence-electron chi connectivity index (χ1n) is 7.67. The van der Waals surface area contributed by atoms with Gasteiger partial charge < -0.3 is 9.64 Å². The number of ether oxygens (including phenoxy) is 1. The van der Waals surface area contributed by atoms with Gasteiger partial charge >= 0.3 is 6.09 Å². The van der Waals surface area contributed by atoms with Crippen LogP contribution in [0.25, 0.3) is 6.08 Å². The molecule has 1 aromatic carbocycles. The summed E-state index contributed by atoms with van der Waals surface area (Å²) in [4.78, 5) is 14.1. The number of rotatable bonds is 3. The smallest absolute Gasteiger partial charge is 0.410 e. The first-order chi connectivity index (χ1) is 9.96. The molecule has 1 fully saturated rings. The lowest BCUT2D eigenvalue weighted by molar-refractivity contribution is 0.0228. The molecule has 1 amide bonds. The molecule has 114 valence electrons. The number of hydrogen-bond donors (Lipinski definition) is 0. The molecule has 1 saturated heterocycles. The second-order valence-electron chi connectivity index (χ2n) is 6.52. The largest absolute Gasteiger partial charge is 0.444 e. The van der Waals surface area contributed by atoms with E-state index in [9.17, 15) is 4.79 Å². The van der Waals surface area contributed by atoms with Crippen molar-refractivity contribution >= 4 is 12.2 Å². The predicted octanol–water partition coefficient (Wildman–Crippen LogP) is 4.49. The molecule has 1 unspecified atom stereocenters.